The number of amides is 3. The molecule has 0 saturated carbocycles. The zero-order chi connectivity index (χ0) is 24.8. The molecular formula is C25H30N6O4. The van der Waals surface area contributed by atoms with E-state index in [0.29, 0.717) is 55.7 Å². The van der Waals surface area contributed by atoms with E-state index >= 15 is 0 Å². The number of benzene rings is 1. The predicted octanol–water partition coefficient (Wildman–Crippen LogP) is 1.67. The number of carbonyl (C=O) groups is 3. The first-order valence-corrected chi connectivity index (χ1v) is 11.7. The molecule has 2 saturated heterocycles. The molecule has 2 aliphatic rings. The van der Waals surface area contributed by atoms with Crippen LogP contribution in [0.25, 0.3) is 0 Å². The Bertz CT molecular complexity index is 1100. The predicted molar refractivity (Wildman–Crippen MR) is 133 cm³/mol. The topological polar surface area (TPSA) is 130 Å². The van der Waals surface area contributed by atoms with E-state index in [1.807, 2.05) is 0 Å². The number of morpholine rings is 1. The summed E-state index contributed by atoms with van der Waals surface area (Å²) in [4.78, 5) is 44.9. The molecule has 3 heterocycles. The Hall–Kier alpha value is -3.92. The number of nitrogens with zero attached hydrogens (tertiary/aromatic N) is 3. The number of hydrogen-bond acceptors (Lipinski definition) is 7. The Morgan fingerprint density at radius 2 is 1.83 bits per heavy atom. The first kappa shape index (κ1) is 24.2. The Balaban J connectivity index is 1.50. The number of carbonyl (C=O) groups excluding carboxylic acids is 3. The van der Waals surface area contributed by atoms with Crippen molar-refractivity contribution in [2.24, 2.45) is 5.73 Å². The van der Waals surface area contributed by atoms with Gasteiger partial charge in [0.1, 0.15) is 11.6 Å². The standard InChI is InChI=1S/C25H30N6O4/c1-2-22(32)27-19-4-3-11-31(16-19)21-10-9-20(23(26)33)24(29-21)28-18-7-5-17(6-8-18)25(34)30-12-14-35-15-13-30/h2,5-10,19H,1,3-4,11-16H2,(H2,26,33)(H,27,32)(H,28,29)/t19-/m1/s1. The third-order valence-corrected chi connectivity index (χ3v) is 6.12. The highest BCUT2D eigenvalue weighted by molar-refractivity contribution is 5.99. The van der Waals surface area contributed by atoms with Gasteiger partial charge in [0.05, 0.1) is 18.8 Å². The van der Waals surface area contributed by atoms with E-state index in [2.05, 4.69) is 27.1 Å². The lowest BCUT2D eigenvalue weighted by molar-refractivity contribution is -0.117. The van der Waals surface area contributed by atoms with Crippen molar-refractivity contribution < 1.29 is 19.1 Å². The summed E-state index contributed by atoms with van der Waals surface area (Å²) < 4.78 is 5.31. The summed E-state index contributed by atoms with van der Waals surface area (Å²) in [5.74, 6) is 0.168. The van der Waals surface area contributed by atoms with Crippen LogP contribution in [-0.4, -0.2) is 73.0 Å². The molecule has 10 heteroatoms. The summed E-state index contributed by atoms with van der Waals surface area (Å²) in [7, 11) is 0. The molecule has 4 N–H and O–H groups in total. The van der Waals surface area contributed by atoms with Gasteiger partial charge in [-0.2, -0.15) is 0 Å². The van der Waals surface area contributed by atoms with E-state index in [1.165, 1.54) is 6.08 Å². The Labute approximate surface area is 204 Å². The molecule has 0 aliphatic carbocycles. The fourth-order valence-corrected chi connectivity index (χ4v) is 4.26. The van der Waals surface area contributed by atoms with E-state index in [1.54, 1.807) is 41.3 Å². The van der Waals surface area contributed by atoms with E-state index in [0.717, 1.165) is 19.4 Å². The fourth-order valence-electron chi connectivity index (χ4n) is 4.26. The molecule has 3 amide bonds. The fraction of sp³-hybridized carbons (Fsp3) is 0.360. The van der Waals surface area contributed by atoms with Gasteiger partial charge in [-0.05, 0) is 55.3 Å². The second-order valence-electron chi connectivity index (χ2n) is 8.53. The maximum atomic E-state index is 12.7. The normalized spacial score (nSPS) is 18.0. The quantitative estimate of drug-likeness (QED) is 0.516. The van der Waals surface area contributed by atoms with Gasteiger partial charge < -0.3 is 30.9 Å². The minimum Gasteiger partial charge on any atom is -0.378 e. The summed E-state index contributed by atoms with van der Waals surface area (Å²) in [5, 5.41) is 6.10. The molecule has 0 unspecified atom stereocenters. The lowest BCUT2D eigenvalue weighted by Gasteiger charge is -2.34. The number of nitrogens with two attached hydrogens (primary N) is 1. The van der Waals surface area contributed by atoms with Crippen LogP contribution in [0.15, 0.2) is 49.1 Å². The van der Waals surface area contributed by atoms with Gasteiger partial charge in [-0.1, -0.05) is 6.58 Å². The van der Waals surface area contributed by atoms with Crippen molar-refractivity contribution in [3.63, 3.8) is 0 Å². The maximum absolute atomic E-state index is 12.7. The van der Waals surface area contributed by atoms with Crippen LogP contribution < -0.4 is 21.3 Å². The third kappa shape index (κ3) is 5.96. The van der Waals surface area contributed by atoms with Crippen molar-refractivity contribution in [1.29, 1.82) is 0 Å². The van der Waals surface area contributed by atoms with Crippen LogP contribution in [0, 0.1) is 0 Å². The number of aromatic nitrogens is 1. The van der Waals surface area contributed by atoms with Crippen molar-refractivity contribution in [3.05, 3.63) is 60.2 Å². The monoisotopic (exact) mass is 478 g/mol. The molecule has 2 aromatic rings. The molecule has 2 aliphatic heterocycles. The second-order valence-corrected chi connectivity index (χ2v) is 8.53. The van der Waals surface area contributed by atoms with Crippen LogP contribution in [0.4, 0.5) is 17.3 Å². The van der Waals surface area contributed by atoms with Gasteiger partial charge in [0, 0.05) is 43.5 Å². The SMILES string of the molecule is C=CC(=O)N[C@@H]1CCCN(c2ccc(C(N)=O)c(Nc3ccc(C(=O)N4CCOCC4)cc3)n2)C1. The molecule has 184 valence electrons. The average molecular weight is 479 g/mol. The number of piperidine rings is 1. The number of rotatable bonds is 7. The first-order chi connectivity index (χ1) is 16.9. The van der Waals surface area contributed by atoms with Crippen molar-refractivity contribution in [1.82, 2.24) is 15.2 Å². The molecule has 1 aromatic heterocycles. The zero-order valence-electron chi connectivity index (χ0n) is 19.5. The smallest absolute Gasteiger partial charge is 0.254 e. The first-order valence-electron chi connectivity index (χ1n) is 11.7. The van der Waals surface area contributed by atoms with E-state index in [9.17, 15) is 14.4 Å². The molecule has 1 aromatic carbocycles. The van der Waals surface area contributed by atoms with Crippen molar-refractivity contribution >= 4 is 35.0 Å². The molecule has 35 heavy (non-hydrogen) atoms. The molecule has 0 radical (unpaired) electrons. The Kier molecular flexibility index (Phi) is 7.61. The molecule has 1 atom stereocenters. The minimum atomic E-state index is -0.597. The Morgan fingerprint density at radius 1 is 1.09 bits per heavy atom. The van der Waals surface area contributed by atoms with Crippen LogP contribution in [0.5, 0.6) is 0 Å². The molecule has 2 fully saturated rings. The highest BCUT2D eigenvalue weighted by Crippen LogP contribution is 2.25. The minimum absolute atomic E-state index is 0.0141. The van der Waals surface area contributed by atoms with Crippen LogP contribution in [0.3, 0.4) is 0 Å². The zero-order valence-corrected chi connectivity index (χ0v) is 19.5. The van der Waals surface area contributed by atoms with Crippen molar-refractivity contribution in [3.8, 4) is 0 Å². The molecule has 0 spiro atoms. The summed E-state index contributed by atoms with van der Waals surface area (Å²) >= 11 is 0. The second kappa shape index (κ2) is 11.0. The summed E-state index contributed by atoms with van der Waals surface area (Å²) in [5.41, 5.74) is 7.10. The highest BCUT2D eigenvalue weighted by atomic mass is 16.5. The number of ether oxygens (including phenoxy) is 1. The van der Waals surface area contributed by atoms with E-state index < -0.39 is 5.91 Å². The number of primary amides is 1. The van der Waals surface area contributed by atoms with Gasteiger partial charge in [0.25, 0.3) is 11.8 Å². The molecule has 4 rings (SSSR count). The van der Waals surface area contributed by atoms with Gasteiger partial charge in [-0.3, -0.25) is 14.4 Å². The lowest BCUT2D eigenvalue weighted by atomic mass is 10.1. The number of hydrogen-bond donors (Lipinski definition) is 3. The average Bonchev–Trinajstić information content (AvgIpc) is 2.89. The summed E-state index contributed by atoms with van der Waals surface area (Å²) in [6, 6.07) is 10.4. The van der Waals surface area contributed by atoms with E-state index in [4.69, 9.17) is 10.5 Å². The van der Waals surface area contributed by atoms with Crippen LogP contribution in [-0.2, 0) is 9.53 Å². The largest absolute Gasteiger partial charge is 0.378 e. The number of pyridine rings is 1. The van der Waals surface area contributed by atoms with Crippen LogP contribution in [0.2, 0.25) is 0 Å². The van der Waals surface area contributed by atoms with E-state index in [-0.39, 0.29) is 23.4 Å². The Morgan fingerprint density at radius 3 is 2.51 bits per heavy atom. The molecule has 0 bridgehead atoms. The summed E-state index contributed by atoms with van der Waals surface area (Å²) in [6.45, 7) is 7.12. The van der Waals surface area contributed by atoms with Gasteiger partial charge in [0.2, 0.25) is 5.91 Å². The number of nitrogens with one attached hydrogen (secondary N) is 2. The number of anilines is 3. The van der Waals surface area contributed by atoms with Gasteiger partial charge in [-0.15, -0.1) is 0 Å². The summed E-state index contributed by atoms with van der Waals surface area (Å²) in [6.07, 6.45) is 3.03. The maximum Gasteiger partial charge on any atom is 0.254 e. The lowest BCUT2D eigenvalue weighted by Crippen LogP contribution is -2.47. The van der Waals surface area contributed by atoms with Gasteiger partial charge in [0.15, 0.2) is 0 Å². The van der Waals surface area contributed by atoms with Crippen LogP contribution in [0.1, 0.15) is 33.6 Å². The van der Waals surface area contributed by atoms with Gasteiger partial charge in [-0.25, -0.2) is 4.98 Å². The van der Waals surface area contributed by atoms with Crippen LogP contribution >= 0.6 is 0 Å². The van der Waals surface area contributed by atoms with Gasteiger partial charge >= 0.3 is 0 Å². The third-order valence-electron chi connectivity index (χ3n) is 6.12. The molecular weight excluding hydrogens is 448 g/mol. The molecule has 10 nitrogen and oxygen atoms in total. The van der Waals surface area contributed by atoms with Crippen molar-refractivity contribution in [2.45, 2.75) is 18.9 Å². The van der Waals surface area contributed by atoms with Crippen molar-refractivity contribution in [2.75, 3.05) is 49.6 Å². The highest BCUT2D eigenvalue weighted by Gasteiger charge is 2.23.